The third-order valence-corrected chi connectivity index (χ3v) is 4.26. The van der Waals surface area contributed by atoms with Crippen LogP contribution >= 0.6 is 0 Å². The second-order valence-corrected chi connectivity index (χ2v) is 4.96. The van der Waals surface area contributed by atoms with Crippen LogP contribution in [0.3, 0.4) is 0 Å². The van der Waals surface area contributed by atoms with E-state index < -0.39 is 0 Å². The van der Waals surface area contributed by atoms with Crippen molar-refractivity contribution >= 4 is 0 Å². The van der Waals surface area contributed by atoms with E-state index >= 15 is 0 Å². The van der Waals surface area contributed by atoms with Gasteiger partial charge >= 0.3 is 0 Å². The Kier molecular flexibility index (Phi) is 4.00. The molecule has 1 atom stereocenters. The fourth-order valence-corrected chi connectivity index (χ4v) is 2.88. The van der Waals surface area contributed by atoms with E-state index in [1.54, 1.807) is 0 Å². The highest BCUT2D eigenvalue weighted by molar-refractivity contribution is 4.87. The summed E-state index contributed by atoms with van der Waals surface area (Å²) in [5.41, 5.74) is 5.93. The Morgan fingerprint density at radius 3 is 2.27 bits per heavy atom. The minimum atomic E-state index is 0.678. The fraction of sp³-hybridized carbons (Fsp3) is 1.00. The summed E-state index contributed by atoms with van der Waals surface area (Å²) in [6, 6.07) is 0.678. The number of hydrogen-bond donors (Lipinski definition) is 1. The smallest absolute Gasteiger partial charge is 0.0247 e. The van der Waals surface area contributed by atoms with Gasteiger partial charge in [-0.05, 0) is 25.3 Å². The van der Waals surface area contributed by atoms with E-state index in [-0.39, 0.29) is 0 Å². The number of likely N-dealkylation sites (N-methyl/N-ethyl adjacent to an activating group) is 1. The van der Waals surface area contributed by atoms with Gasteiger partial charge in [-0.15, -0.1) is 0 Å². The number of nitrogens with two attached hydrogens (primary N) is 1. The summed E-state index contributed by atoms with van der Waals surface area (Å²) in [4.78, 5) is 5.17. The zero-order chi connectivity index (χ0) is 10.7. The maximum Gasteiger partial charge on any atom is 0.0247 e. The van der Waals surface area contributed by atoms with Crippen LogP contribution in [0.2, 0.25) is 0 Å². The van der Waals surface area contributed by atoms with Gasteiger partial charge in [0.25, 0.3) is 0 Å². The number of nitrogens with zero attached hydrogens (tertiary/aromatic N) is 2. The average Bonchev–Trinajstić information content (AvgIpc) is 2.23. The number of hydrogen-bond acceptors (Lipinski definition) is 3. The van der Waals surface area contributed by atoms with Crippen molar-refractivity contribution in [3.8, 4) is 0 Å². The van der Waals surface area contributed by atoms with Gasteiger partial charge in [0, 0.05) is 38.8 Å². The summed E-state index contributed by atoms with van der Waals surface area (Å²) in [6.45, 7) is 9.24. The second kappa shape index (κ2) is 5.28. The van der Waals surface area contributed by atoms with E-state index in [1.807, 2.05) is 0 Å². The predicted molar refractivity (Wildman–Crippen MR) is 63.9 cm³/mol. The lowest BCUT2D eigenvalue weighted by atomic mass is 9.79. The molecule has 0 amide bonds. The molecule has 3 heteroatoms. The SMILES string of the molecule is CCN1CCN(C(CN)C2CCC2)CC1. The average molecular weight is 211 g/mol. The van der Waals surface area contributed by atoms with Crippen LogP contribution in [-0.2, 0) is 0 Å². The third kappa shape index (κ3) is 2.52. The second-order valence-electron chi connectivity index (χ2n) is 4.96. The molecule has 3 nitrogen and oxygen atoms in total. The molecule has 1 unspecified atom stereocenters. The molecule has 0 aromatic heterocycles. The first kappa shape index (κ1) is 11.4. The molecule has 1 saturated heterocycles. The Bertz CT molecular complexity index is 183. The van der Waals surface area contributed by atoms with Gasteiger partial charge < -0.3 is 10.6 Å². The Morgan fingerprint density at radius 2 is 1.87 bits per heavy atom. The van der Waals surface area contributed by atoms with Gasteiger partial charge in [-0.1, -0.05) is 13.3 Å². The zero-order valence-corrected chi connectivity index (χ0v) is 9.99. The topological polar surface area (TPSA) is 32.5 Å². The molecule has 0 spiro atoms. The summed E-state index contributed by atoms with van der Waals surface area (Å²) >= 11 is 0. The Hall–Kier alpha value is -0.120. The van der Waals surface area contributed by atoms with Gasteiger partial charge in [0.2, 0.25) is 0 Å². The largest absolute Gasteiger partial charge is 0.329 e. The highest BCUT2D eigenvalue weighted by Gasteiger charge is 2.31. The molecule has 1 saturated carbocycles. The van der Waals surface area contributed by atoms with E-state index in [0.29, 0.717) is 6.04 Å². The fourth-order valence-electron chi connectivity index (χ4n) is 2.88. The van der Waals surface area contributed by atoms with Crippen molar-refractivity contribution in [3.63, 3.8) is 0 Å². The minimum absolute atomic E-state index is 0.678. The molecule has 1 aliphatic heterocycles. The first-order valence-corrected chi connectivity index (χ1v) is 6.51. The quantitative estimate of drug-likeness (QED) is 0.745. The van der Waals surface area contributed by atoms with Gasteiger partial charge in [0.15, 0.2) is 0 Å². The van der Waals surface area contributed by atoms with Crippen molar-refractivity contribution in [2.45, 2.75) is 32.2 Å². The monoisotopic (exact) mass is 211 g/mol. The van der Waals surface area contributed by atoms with Crippen molar-refractivity contribution < 1.29 is 0 Å². The maximum atomic E-state index is 5.93. The van der Waals surface area contributed by atoms with Crippen LogP contribution in [0.25, 0.3) is 0 Å². The molecule has 1 aliphatic carbocycles. The van der Waals surface area contributed by atoms with Crippen LogP contribution in [0.5, 0.6) is 0 Å². The summed E-state index contributed by atoms with van der Waals surface area (Å²) in [5, 5.41) is 0. The summed E-state index contributed by atoms with van der Waals surface area (Å²) in [5.74, 6) is 0.906. The molecule has 15 heavy (non-hydrogen) atoms. The first-order chi connectivity index (χ1) is 7.35. The van der Waals surface area contributed by atoms with Crippen molar-refractivity contribution in [3.05, 3.63) is 0 Å². The molecule has 0 aromatic carbocycles. The summed E-state index contributed by atoms with van der Waals surface area (Å²) in [7, 11) is 0. The van der Waals surface area contributed by atoms with Crippen molar-refractivity contribution in [1.29, 1.82) is 0 Å². The molecule has 0 radical (unpaired) electrons. The van der Waals surface area contributed by atoms with E-state index in [4.69, 9.17) is 5.73 Å². The van der Waals surface area contributed by atoms with E-state index in [1.165, 1.54) is 52.0 Å². The van der Waals surface area contributed by atoms with Crippen molar-refractivity contribution in [2.24, 2.45) is 11.7 Å². The standard InChI is InChI=1S/C12H25N3/c1-2-14-6-8-15(9-7-14)12(10-13)11-4-3-5-11/h11-12H,2-10,13H2,1H3. The molecule has 0 aromatic rings. The molecular weight excluding hydrogens is 186 g/mol. The molecule has 88 valence electrons. The Morgan fingerprint density at radius 1 is 1.20 bits per heavy atom. The highest BCUT2D eigenvalue weighted by atomic mass is 15.3. The molecular formula is C12H25N3. The van der Waals surface area contributed by atoms with Crippen LogP contribution in [0, 0.1) is 5.92 Å². The summed E-state index contributed by atoms with van der Waals surface area (Å²) in [6.07, 6.45) is 4.25. The first-order valence-electron chi connectivity index (χ1n) is 6.51. The maximum absolute atomic E-state index is 5.93. The predicted octanol–water partition coefficient (Wildman–Crippen LogP) is 0.751. The summed E-state index contributed by atoms with van der Waals surface area (Å²) < 4.78 is 0. The van der Waals surface area contributed by atoms with Crippen molar-refractivity contribution in [2.75, 3.05) is 39.3 Å². The normalized spacial score (nSPS) is 27.6. The third-order valence-electron chi connectivity index (χ3n) is 4.26. The van der Waals surface area contributed by atoms with E-state index in [0.717, 1.165) is 12.5 Å². The lowest BCUT2D eigenvalue weighted by Gasteiger charge is -2.44. The molecule has 2 N–H and O–H groups in total. The molecule has 1 heterocycles. The van der Waals surface area contributed by atoms with Gasteiger partial charge in [-0.25, -0.2) is 0 Å². The molecule has 0 bridgehead atoms. The minimum Gasteiger partial charge on any atom is -0.329 e. The lowest BCUT2D eigenvalue weighted by molar-refractivity contribution is 0.0519. The Labute approximate surface area is 93.6 Å². The van der Waals surface area contributed by atoms with Gasteiger partial charge in [-0.3, -0.25) is 4.90 Å². The number of piperazine rings is 1. The van der Waals surface area contributed by atoms with Crippen LogP contribution in [0.1, 0.15) is 26.2 Å². The number of rotatable bonds is 4. The van der Waals surface area contributed by atoms with Crippen LogP contribution in [-0.4, -0.2) is 55.1 Å². The molecule has 2 aliphatic rings. The van der Waals surface area contributed by atoms with Crippen LogP contribution in [0.15, 0.2) is 0 Å². The zero-order valence-electron chi connectivity index (χ0n) is 9.99. The van der Waals surface area contributed by atoms with Crippen LogP contribution in [0.4, 0.5) is 0 Å². The van der Waals surface area contributed by atoms with Crippen LogP contribution < -0.4 is 5.73 Å². The molecule has 2 fully saturated rings. The van der Waals surface area contributed by atoms with Gasteiger partial charge in [-0.2, -0.15) is 0 Å². The van der Waals surface area contributed by atoms with Crippen molar-refractivity contribution in [1.82, 2.24) is 9.80 Å². The highest BCUT2D eigenvalue weighted by Crippen LogP contribution is 2.32. The van der Waals surface area contributed by atoms with E-state index in [9.17, 15) is 0 Å². The van der Waals surface area contributed by atoms with Gasteiger partial charge in [0.05, 0.1) is 0 Å². The lowest BCUT2D eigenvalue weighted by Crippen LogP contribution is -2.55. The Balaban J connectivity index is 1.81. The van der Waals surface area contributed by atoms with E-state index in [2.05, 4.69) is 16.7 Å². The van der Waals surface area contributed by atoms with Gasteiger partial charge in [0.1, 0.15) is 0 Å². The molecule has 2 rings (SSSR count).